The largest absolute Gasteiger partial charge is 0.389 e. The van der Waals surface area contributed by atoms with E-state index >= 15 is 0 Å². The van der Waals surface area contributed by atoms with E-state index in [1.165, 1.54) is 6.07 Å². The van der Waals surface area contributed by atoms with Gasteiger partial charge in [0.2, 0.25) is 0 Å². The molecule has 1 aliphatic heterocycles. The highest BCUT2D eigenvalue weighted by molar-refractivity contribution is 5.65. The average Bonchev–Trinajstić information content (AvgIpc) is 2.58. The minimum atomic E-state index is -0.852. The van der Waals surface area contributed by atoms with Crippen LogP contribution in [0.25, 0.3) is 0 Å². The Morgan fingerprint density at radius 1 is 1.35 bits per heavy atom. The molecule has 1 heterocycles. The zero-order valence-electron chi connectivity index (χ0n) is 9.41. The number of aryl methyl sites for hydroxylation is 1. The molecule has 0 amide bonds. The molecule has 0 radical (unpaired) electrons. The minimum absolute atomic E-state index is 0.00287. The van der Waals surface area contributed by atoms with E-state index in [-0.39, 0.29) is 18.8 Å². The van der Waals surface area contributed by atoms with Crippen molar-refractivity contribution in [2.24, 2.45) is 0 Å². The second-order valence-electron chi connectivity index (χ2n) is 4.29. The second-order valence-corrected chi connectivity index (χ2v) is 4.29. The van der Waals surface area contributed by atoms with Gasteiger partial charge in [0, 0.05) is 19.2 Å². The average molecular weight is 238 g/mol. The molecule has 6 heteroatoms. The van der Waals surface area contributed by atoms with Gasteiger partial charge in [-0.25, -0.2) is 0 Å². The molecule has 0 aliphatic carbocycles. The van der Waals surface area contributed by atoms with E-state index < -0.39 is 17.1 Å². The lowest BCUT2D eigenvalue weighted by Crippen LogP contribution is -2.22. The van der Waals surface area contributed by atoms with Crippen LogP contribution in [0.4, 0.5) is 11.4 Å². The van der Waals surface area contributed by atoms with Crippen LogP contribution in [0.1, 0.15) is 5.56 Å². The van der Waals surface area contributed by atoms with Gasteiger partial charge in [0.25, 0.3) is 5.69 Å². The topological polar surface area (TPSA) is 86.8 Å². The molecular formula is C11H14N2O4. The lowest BCUT2D eigenvalue weighted by atomic mass is 10.2. The van der Waals surface area contributed by atoms with Crippen LogP contribution in [0.15, 0.2) is 18.2 Å². The molecule has 2 atom stereocenters. The van der Waals surface area contributed by atoms with Gasteiger partial charge in [-0.2, -0.15) is 0 Å². The molecule has 0 aromatic heterocycles. The van der Waals surface area contributed by atoms with Crippen molar-refractivity contribution in [2.75, 3.05) is 18.0 Å². The molecule has 1 fully saturated rings. The molecule has 0 spiro atoms. The Morgan fingerprint density at radius 3 is 2.47 bits per heavy atom. The van der Waals surface area contributed by atoms with Crippen molar-refractivity contribution in [1.29, 1.82) is 0 Å². The van der Waals surface area contributed by atoms with E-state index in [0.29, 0.717) is 5.69 Å². The van der Waals surface area contributed by atoms with Crippen LogP contribution in [0, 0.1) is 17.0 Å². The van der Waals surface area contributed by atoms with Crippen molar-refractivity contribution in [3.63, 3.8) is 0 Å². The molecule has 1 aromatic rings. The monoisotopic (exact) mass is 238 g/mol. The van der Waals surface area contributed by atoms with Gasteiger partial charge in [-0.05, 0) is 18.6 Å². The van der Waals surface area contributed by atoms with Gasteiger partial charge in [-0.3, -0.25) is 10.1 Å². The van der Waals surface area contributed by atoms with Gasteiger partial charge in [0.15, 0.2) is 0 Å². The Kier molecular flexibility index (Phi) is 2.99. The number of rotatable bonds is 2. The first kappa shape index (κ1) is 11.8. The van der Waals surface area contributed by atoms with Crippen molar-refractivity contribution >= 4 is 11.4 Å². The summed E-state index contributed by atoms with van der Waals surface area (Å²) in [4.78, 5) is 12.1. The molecule has 1 aromatic carbocycles. The van der Waals surface area contributed by atoms with E-state index in [0.717, 1.165) is 5.56 Å². The molecular weight excluding hydrogens is 224 g/mol. The van der Waals surface area contributed by atoms with Crippen LogP contribution in [0.5, 0.6) is 0 Å². The van der Waals surface area contributed by atoms with E-state index in [9.17, 15) is 20.3 Å². The Hall–Kier alpha value is -1.66. The highest BCUT2D eigenvalue weighted by atomic mass is 16.6. The van der Waals surface area contributed by atoms with Gasteiger partial charge >= 0.3 is 0 Å². The number of nitro benzene ring substituents is 1. The Labute approximate surface area is 98.3 Å². The van der Waals surface area contributed by atoms with E-state index in [1.54, 1.807) is 17.0 Å². The summed E-state index contributed by atoms with van der Waals surface area (Å²) in [7, 11) is 0. The van der Waals surface area contributed by atoms with Crippen LogP contribution in [0.3, 0.4) is 0 Å². The fraction of sp³-hybridized carbons (Fsp3) is 0.455. The number of nitrogens with zero attached hydrogens (tertiary/aromatic N) is 2. The van der Waals surface area contributed by atoms with Crippen LogP contribution in [-0.2, 0) is 0 Å². The van der Waals surface area contributed by atoms with Crippen LogP contribution in [-0.4, -0.2) is 40.4 Å². The summed E-state index contributed by atoms with van der Waals surface area (Å²) in [6, 6.07) is 4.81. The number of hydrogen-bond donors (Lipinski definition) is 2. The predicted molar refractivity (Wildman–Crippen MR) is 62.1 cm³/mol. The summed E-state index contributed by atoms with van der Waals surface area (Å²) in [5.74, 6) is 0. The molecule has 92 valence electrons. The molecule has 1 aliphatic rings. The third kappa shape index (κ3) is 2.22. The maximum absolute atomic E-state index is 10.9. The number of nitro groups is 1. The second kappa shape index (κ2) is 4.31. The fourth-order valence-corrected chi connectivity index (χ4v) is 2.01. The van der Waals surface area contributed by atoms with Gasteiger partial charge in [0.1, 0.15) is 5.69 Å². The highest BCUT2D eigenvalue weighted by Gasteiger charge is 2.32. The zero-order valence-corrected chi connectivity index (χ0v) is 9.41. The van der Waals surface area contributed by atoms with Gasteiger partial charge in [-0.15, -0.1) is 0 Å². The third-order valence-electron chi connectivity index (χ3n) is 2.93. The van der Waals surface area contributed by atoms with E-state index in [1.807, 2.05) is 6.92 Å². The molecule has 2 unspecified atom stereocenters. The SMILES string of the molecule is Cc1ccc([N+](=O)[O-])c(N2CC(O)C(O)C2)c1. The molecule has 17 heavy (non-hydrogen) atoms. The van der Waals surface area contributed by atoms with Crippen molar-refractivity contribution in [3.8, 4) is 0 Å². The zero-order chi connectivity index (χ0) is 12.6. The van der Waals surface area contributed by atoms with Crippen molar-refractivity contribution in [1.82, 2.24) is 0 Å². The fourth-order valence-electron chi connectivity index (χ4n) is 2.01. The number of benzene rings is 1. The van der Waals surface area contributed by atoms with E-state index in [2.05, 4.69) is 0 Å². The number of hydrogen-bond acceptors (Lipinski definition) is 5. The quantitative estimate of drug-likeness (QED) is 0.577. The van der Waals surface area contributed by atoms with Crippen LogP contribution >= 0.6 is 0 Å². The first-order valence-electron chi connectivity index (χ1n) is 5.35. The summed E-state index contributed by atoms with van der Waals surface area (Å²) < 4.78 is 0. The number of anilines is 1. The molecule has 1 saturated heterocycles. The number of aliphatic hydroxyl groups excluding tert-OH is 2. The number of β-amino-alcohol motifs (C(OH)–C–C–N with tert-alkyl or cyclic N) is 2. The van der Waals surface area contributed by atoms with Crippen molar-refractivity contribution in [3.05, 3.63) is 33.9 Å². The van der Waals surface area contributed by atoms with Gasteiger partial charge < -0.3 is 15.1 Å². The summed E-state index contributed by atoms with van der Waals surface area (Å²) in [6.45, 7) is 2.27. The molecule has 2 N–H and O–H groups in total. The van der Waals surface area contributed by atoms with Crippen molar-refractivity contribution < 1.29 is 15.1 Å². The standard InChI is InChI=1S/C11H14N2O4/c1-7-2-3-8(13(16)17)9(4-7)12-5-10(14)11(15)6-12/h2-4,10-11,14-15H,5-6H2,1H3. The molecule has 2 rings (SSSR count). The third-order valence-corrected chi connectivity index (χ3v) is 2.93. The maximum atomic E-state index is 10.9. The Morgan fingerprint density at radius 2 is 1.94 bits per heavy atom. The Bertz CT molecular complexity index is 439. The summed E-state index contributed by atoms with van der Waals surface area (Å²) in [6.07, 6.45) is -1.70. The summed E-state index contributed by atoms with van der Waals surface area (Å²) >= 11 is 0. The maximum Gasteiger partial charge on any atom is 0.292 e. The van der Waals surface area contributed by atoms with Crippen LogP contribution < -0.4 is 4.90 Å². The normalized spacial score (nSPS) is 24.1. The predicted octanol–water partition coefficient (Wildman–Crippen LogP) is 0.445. The van der Waals surface area contributed by atoms with Gasteiger partial charge in [-0.1, -0.05) is 6.07 Å². The van der Waals surface area contributed by atoms with Crippen molar-refractivity contribution in [2.45, 2.75) is 19.1 Å². The summed E-state index contributed by atoms with van der Waals surface area (Å²) in [5.41, 5.74) is 1.35. The lowest BCUT2D eigenvalue weighted by molar-refractivity contribution is -0.384. The molecule has 0 bridgehead atoms. The van der Waals surface area contributed by atoms with E-state index in [4.69, 9.17) is 0 Å². The lowest BCUT2D eigenvalue weighted by Gasteiger charge is -2.17. The first-order chi connectivity index (χ1) is 7.99. The molecule has 0 saturated carbocycles. The summed E-state index contributed by atoms with van der Waals surface area (Å²) in [5, 5.41) is 29.8. The number of aliphatic hydroxyl groups is 2. The smallest absolute Gasteiger partial charge is 0.292 e. The van der Waals surface area contributed by atoms with Crippen LogP contribution in [0.2, 0.25) is 0 Å². The highest BCUT2D eigenvalue weighted by Crippen LogP contribution is 2.31. The minimum Gasteiger partial charge on any atom is -0.389 e. The van der Waals surface area contributed by atoms with Gasteiger partial charge in [0.05, 0.1) is 17.1 Å². The Balaban J connectivity index is 2.37. The molecule has 6 nitrogen and oxygen atoms in total. The first-order valence-corrected chi connectivity index (χ1v) is 5.35.